The van der Waals surface area contributed by atoms with Gasteiger partial charge in [0.1, 0.15) is 13.2 Å². The van der Waals surface area contributed by atoms with Crippen LogP contribution in [-0.4, -0.2) is 54.8 Å². The number of ether oxygens (including phenoxy) is 2. The second kappa shape index (κ2) is 10.8. The first kappa shape index (κ1) is 24.3. The topological polar surface area (TPSA) is 46.9 Å². The van der Waals surface area contributed by atoms with Crippen molar-refractivity contribution in [1.82, 2.24) is 8.86 Å². The minimum Gasteiger partial charge on any atom is -0.486 e. The van der Waals surface area contributed by atoms with E-state index in [4.69, 9.17) is 21.1 Å². The molecule has 1 fully saturated rings. The fourth-order valence-electron chi connectivity index (χ4n) is 5.35. The Morgan fingerprint density at radius 2 is 1.68 bits per heavy atom. The third kappa shape index (κ3) is 5.21. The van der Waals surface area contributed by atoms with Crippen molar-refractivity contribution in [3.63, 3.8) is 0 Å². The monoisotopic (exact) mass is 535 g/mol. The summed E-state index contributed by atoms with van der Waals surface area (Å²) in [6.07, 6.45) is 0.921. The molecule has 6 rings (SSSR count). The molecule has 0 bridgehead atoms. The van der Waals surface area contributed by atoms with Gasteiger partial charge in [-0.15, -0.1) is 0 Å². The van der Waals surface area contributed by atoms with Gasteiger partial charge in [-0.25, -0.2) is 0 Å². The summed E-state index contributed by atoms with van der Waals surface area (Å²) >= 11 is 7.96. The fraction of sp³-hybridized carbons (Fsp3) is 0.345. The van der Waals surface area contributed by atoms with Gasteiger partial charge in [-0.2, -0.15) is 0 Å². The summed E-state index contributed by atoms with van der Waals surface area (Å²) in [5.41, 5.74) is 2.47. The molecule has 3 aromatic carbocycles. The number of hydrogen-bond acceptors (Lipinski definition) is 6. The zero-order valence-electron chi connectivity index (χ0n) is 20.6. The van der Waals surface area contributed by atoms with E-state index in [1.54, 1.807) is 11.5 Å². The zero-order chi connectivity index (χ0) is 25.2. The van der Waals surface area contributed by atoms with Gasteiger partial charge in [-0.05, 0) is 36.1 Å². The van der Waals surface area contributed by atoms with Crippen molar-refractivity contribution < 1.29 is 9.47 Å². The standard InChI is InChI=1S/C29H30ClN3O3S/c30-23-18-25(28-26(19-23)35-16-17-36-28)32-14-12-31(13-15-32)20-22(21-6-2-1-3-7-21)10-11-33-29(34)24-8-4-5-9-27(24)37-33/h1-9,18-19,22H,10-17,20H2. The van der Waals surface area contributed by atoms with Crippen molar-refractivity contribution in [3.05, 3.63) is 87.7 Å². The van der Waals surface area contributed by atoms with Gasteiger partial charge < -0.3 is 14.4 Å². The summed E-state index contributed by atoms with van der Waals surface area (Å²) in [6, 6.07) is 22.4. The molecular weight excluding hydrogens is 506 g/mol. The molecule has 6 nitrogen and oxygen atoms in total. The van der Waals surface area contributed by atoms with Crippen LogP contribution >= 0.6 is 23.1 Å². The predicted molar refractivity (Wildman–Crippen MR) is 151 cm³/mol. The first-order valence-corrected chi connectivity index (χ1v) is 14.0. The van der Waals surface area contributed by atoms with E-state index in [0.29, 0.717) is 24.2 Å². The number of halogens is 1. The number of rotatable bonds is 7. The van der Waals surface area contributed by atoms with E-state index in [9.17, 15) is 4.79 Å². The third-order valence-corrected chi connectivity index (χ3v) is 8.62. The van der Waals surface area contributed by atoms with Gasteiger partial charge >= 0.3 is 0 Å². The maximum Gasteiger partial charge on any atom is 0.268 e. The quantitative estimate of drug-likeness (QED) is 0.313. The maximum atomic E-state index is 12.9. The van der Waals surface area contributed by atoms with Crippen LogP contribution in [0.5, 0.6) is 11.5 Å². The lowest BCUT2D eigenvalue weighted by atomic mass is 9.94. The second-order valence-corrected chi connectivity index (χ2v) is 11.1. The number of nitrogens with zero attached hydrogens (tertiary/aromatic N) is 3. The van der Waals surface area contributed by atoms with Crippen molar-refractivity contribution in [1.29, 1.82) is 0 Å². The molecule has 1 atom stereocenters. The van der Waals surface area contributed by atoms with E-state index in [1.807, 2.05) is 40.4 Å². The molecule has 2 aliphatic rings. The lowest BCUT2D eigenvalue weighted by molar-refractivity contribution is 0.171. The van der Waals surface area contributed by atoms with Crippen molar-refractivity contribution in [3.8, 4) is 11.5 Å². The number of anilines is 1. The van der Waals surface area contributed by atoms with Gasteiger partial charge in [0.2, 0.25) is 0 Å². The molecule has 0 amide bonds. The van der Waals surface area contributed by atoms with E-state index in [-0.39, 0.29) is 5.56 Å². The number of benzene rings is 3. The summed E-state index contributed by atoms with van der Waals surface area (Å²) in [5.74, 6) is 1.89. The largest absolute Gasteiger partial charge is 0.486 e. The van der Waals surface area contributed by atoms with Crippen LogP contribution in [0.4, 0.5) is 5.69 Å². The Labute approximate surface area is 225 Å². The van der Waals surface area contributed by atoms with Crippen LogP contribution in [0, 0.1) is 0 Å². The van der Waals surface area contributed by atoms with Crippen molar-refractivity contribution in [2.75, 3.05) is 50.8 Å². The first-order chi connectivity index (χ1) is 18.2. The molecule has 2 aliphatic heterocycles. The Hall–Kier alpha value is -3.00. The number of hydrogen-bond donors (Lipinski definition) is 0. The van der Waals surface area contributed by atoms with E-state index in [2.05, 4.69) is 40.1 Å². The van der Waals surface area contributed by atoms with Crippen molar-refractivity contribution >= 4 is 38.9 Å². The van der Waals surface area contributed by atoms with Crippen molar-refractivity contribution in [2.24, 2.45) is 0 Å². The van der Waals surface area contributed by atoms with Gasteiger partial charge in [0.15, 0.2) is 11.5 Å². The van der Waals surface area contributed by atoms with Crippen LogP contribution in [0.2, 0.25) is 5.02 Å². The molecule has 0 spiro atoms. The molecule has 8 heteroatoms. The zero-order valence-corrected chi connectivity index (χ0v) is 22.2. The number of aromatic nitrogens is 1. The Morgan fingerprint density at radius 1 is 0.919 bits per heavy atom. The molecule has 3 heterocycles. The Kier molecular flexibility index (Phi) is 7.09. The summed E-state index contributed by atoms with van der Waals surface area (Å²) in [5, 5.41) is 1.49. The molecule has 1 unspecified atom stereocenters. The maximum absolute atomic E-state index is 12.9. The average Bonchev–Trinajstić information content (AvgIpc) is 3.26. The van der Waals surface area contributed by atoms with E-state index >= 15 is 0 Å². The lowest BCUT2D eigenvalue weighted by Gasteiger charge is -2.38. The van der Waals surface area contributed by atoms with Crippen LogP contribution in [0.1, 0.15) is 17.9 Å². The molecule has 0 aliphatic carbocycles. The highest BCUT2D eigenvalue weighted by molar-refractivity contribution is 7.13. The molecule has 0 N–H and O–H groups in total. The molecule has 37 heavy (non-hydrogen) atoms. The molecule has 0 saturated carbocycles. The Balaban J connectivity index is 1.15. The normalized spacial score (nSPS) is 16.7. The molecule has 1 aromatic heterocycles. The third-order valence-electron chi connectivity index (χ3n) is 7.28. The minimum atomic E-state index is 0.122. The van der Waals surface area contributed by atoms with Crippen LogP contribution in [0.3, 0.4) is 0 Å². The Bertz CT molecular complexity index is 1430. The highest BCUT2D eigenvalue weighted by Gasteiger charge is 2.26. The van der Waals surface area contributed by atoms with Gasteiger partial charge in [0.25, 0.3) is 5.56 Å². The van der Waals surface area contributed by atoms with E-state index in [0.717, 1.165) is 73.0 Å². The molecular formula is C29H30ClN3O3S. The smallest absolute Gasteiger partial charge is 0.268 e. The number of aryl methyl sites for hydroxylation is 1. The second-order valence-electron chi connectivity index (χ2n) is 9.63. The number of piperazine rings is 1. The summed E-state index contributed by atoms with van der Waals surface area (Å²) in [7, 11) is 0. The Morgan fingerprint density at radius 3 is 2.49 bits per heavy atom. The molecule has 1 saturated heterocycles. The fourth-order valence-corrected chi connectivity index (χ4v) is 6.56. The van der Waals surface area contributed by atoms with E-state index < -0.39 is 0 Å². The van der Waals surface area contributed by atoms with Crippen LogP contribution in [0.25, 0.3) is 10.1 Å². The van der Waals surface area contributed by atoms with Gasteiger partial charge in [-0.3, -0.25) is 13.7 Å². The highest BCUT2D eigenvalue weighted by Crippen LogP contribution is 2.42. The van der Waals surface area contributed by atoms with E-state index in [1.165, 1.54) is 5.56 Å². The highest BCUT2D eigenvalue weighted by atomic mass is 35.5. The van der Waals surface area contributed by atoms with Gasteiger partial charge in [-0.1, -0.05) is 65.6 Å². The lowest BCUT2D eigenvalue weighted by Crippen LogP contribution is -2.47. The predicted octanol–water partition coefficient (Wildman–Crippen LogP) is 5.48. The van der Waals surface area contributed by atoms with Gasteiger partial charge in [0.05, 0.1) is 15.8 Å². The first-order valence-electron chi connectivity index (χ1n) is 12.9. The minimum absolute atomic E-state index is 0.122. The van der Waals surface area contributed by atoms with Gasteiger partial charge in [0, 0.05) is 50.4 Å². The van der Waals surface area contributed by atoms with Crippen molar-refractivity contribution in [2.45, 2.75) is 18.9 Å². The van der Waals surface area contributed by atoms with Crippen LogP contribution in [0.15, 0.2) is 71.5 Å². The van der Waals surface area contributed by atoms with Crippen LogP contribution in [-0.2, 0) is 6.54 Å². The summed E-state index contributed by atoms with van der Waals surface area (Å²) < 4.78 is 14.7. The van der Waals surface area contributed by atoms with Crippen LogP contribution < -0.4 is 19.9 Å². The summed E-state index contributed by atoms with van der Waals surface area (Å²) in [4.78, 5) is 17.8. The molecule has 192 valence electrons. The summed E-state index contributed by atoms with van der Waals surface area (Å²) in [6.45, 7) is 6.50. The number of fused-ring (bicyclic) bond motifs is 2. The average molecular weight is 536 g/mol. The molecule has 0 radical (unpaired) electrons. The molecule has 4 aromatic rings. The SMILES string of the molecule is O=c1c2ccccc2sn1CCC(CN1CCN(c2cc(Cl)cc3c2OCCO3)CC1)c1ccccc1.